The van der Waals surface area contributed by atoms with E-state index in [0.717, 1.165) is 35.6 Å². The molecular formula is C11H11N5. The second-order valence-corrected chi connectivity index (χ2v) is 3.63. The quantitative estimate of drug-likeness (QED) is 0.630. The van der Waals surface area contributed by atoms with Crippen LogP contribution in [-0.4, -0.2) is 24.7 Å². The molecule has 5 nitrogen and oxygen atoms in total. The number of hydrazine groups is 1. The van der Waals surface area contributed by atoms with Crippen molar-refractivity contribution in [3.05, 3.63) is 35.2 Å². The van der Waals surface area contributed by atoms with Gasteiger partial charge in [0.1, 0.15) is 0 Å². The first-order valence-corrected chi connectivity index (χ1v) is 5.16. The van der Waals surface area contributed by atoms with Crippen LogP contribution in [0.25, 0.3) is 0 Å². The van der Waals surface area contributed by atoms with E-state index in [1.165, 1.54) is 0 Å². The summed E-state index contributed by atoms with van der Waals surface area (Å²) in [5.74, 6) is 0. The minimum Gasteiger partial charge on any atom is -0.300 e. The highest BCUT2D eigenvalue weighted by atomic mass is 15.4. The minimum atomic E-state index is 0.767. The summed E-state index contributed by atoms with van der Waals surface area (Å²) >= 11 is 0. The molecule has 0 radical (unpaired) electrons. The van der Waals surface area contributed by atoms with Gasteiger partial charge in [0.05, 0.1) is 36.1 Å². The summed E-state index contributed by atoms with van der Waals surface area (Å²) in [4.78, 5) is 4.44. The normalized spacial score (nSPS) is 22.0. The van der Waals surface area contributed by atoms with E-state index in [4.69, 9.17) is 0 Å². The highest BCUT2D eigenvalue weighted by molar-refractivity contribution is 6.09. The van der Waals surface area contributed by atoms with Crippen LogP contribution in [-0.2, 0) is 0 Å². The number of allylic oxidation sites excluding steroid dienone is 4. The second-order valence-electron chi connectivity index (χ2n) is 3.63. The molecule has 0 amide bonds. The van der Waals surface area contributed by atoms with Gasteiger partial charge in [0.15, 0.2) is 0 Å². The maximum atomic E-state index is 4.44. The Hall–Kier alpha value is -2.17. The van der Waals surface area contributed by atoms with E-state index >= 15 is 0 Å². The topological polar surface area (TPSA) is 61.1 Å². The van der Waals surface area contributed by atoms with Crippen LogP contribution < -0.4 is 10.9 Å². The largest absolute Gasteiger partial charge is 0.300 e. The van der Waals surface area contributed by atoms with Gasteiger partial charge in [-0.2, -0.15) is 10.2 Å². The first kappa shape index (κ1) is 9.08. The maximum Gasteiger partial charge on any atom is 0.0775 e. The zero-order valence-electron chi connectivity index (χ0n) is 8.64. The molecule has 80 valence electrons. The molecule has 3 aliphatic rings. The van der Waals surface area contributed by atoms with Crippen molar-refractivity contribution in [3.8, 4) is 0 Å². The third-order valence-electron chi connectivity index (χ3n) is 2.57. The molecule has 3 rings (SSSR count). The Labute approximate surface area is 93.0 Å². The van der Waals surface area contributed by atoms with Crippen LogP contribution in [0.5, 0.6) is 0 Å². The highest BCUT2D eigenvalue weighted by Crippen LogP contribution is 2.14. The van der Waals surface area contributed by atoms with Crippen molar-refractivity contribution in [1.82, 2.24) is 10.9 Å². The lowest BCUT2D eigenvalue weighted by molar-refractivity contribution is 0.766. The zero-order chi connectivity index (χ0) is 10.8. The number of nitrogens with one attached hydrogen (secondary N) is 2. The Morgan fingerprint density at radius 1 is 1.06 bits per heavy atom. The average Bonchev–Trinajstić information content (AvgIpc) is 3.01. The van der Waals surface area contributed by atoms with Gasteiger partial charge in [0.25, 0.3) is 0 Å². The van der Waals surface area contributed by atoms with Gasteiger partial charge in [-0.15, -0.1) is 0 Å². The van der Waals surface area contributed by atoms with E-state index in [1.807, 2.05) is 6.08 Å². The Kier molecular flexibility index (Phi) is 2.14. The van der Waals surface area contributed by atoms with E-state index in [1.54, 1.807) is 12.4 Å². The van der Waals surface area contributed by atoms with Crippen LogP contribution in [0.4, 0.5) is 0 Å². The van der Waals surface area contributed by atoms with Crippen LogP contribution in [0.2, 0.25) is 0 Å². The molecule has 0 aromatic rings. The minimum absolute atomic E-state index is 0.767. The van der Waals surface area contributed by atoms with Crippen molar-refractivity contribution in [2.75, 3.05) is 6.54 Å². The Bertz CT molecular complexity index is 477. The summed E-state index contributed by atoms with van der Waals surface area (Å²) in [5, 5.41) is 7.59. The smallest absolute Gasteiger partial charge is 0.0775 e. The summed E-state index contributed by atoms with van der Waals surface area (Å²) < 4.78 is 0. The molecule has 16 heavy (non-hydrogen) atoms. The van der Waals surface area contributed by atoms with E-state index in [0.29, 0.717) is 0 Å². The fourth-order valence-electron chi connectivity index (χ4n) is 1.72. The molecule has 0 aliphatic carbocycles. The van der Waals surface area contributed by atoms with Crippen molar-refractivity contribution in [3.63, 3.8) is 0 Å². The van der Waals surface area contributed by atoms with Gasteiger partial charge in [-0.1, -0.05) is 12.2 Å². The van der Waals surface area contributed by atoms with Gasteiger partial charge in [-0.3, -0.25) is 10.4 Å². The molecule has 0 saturated heterocycles. The molecule has 0 aromatic carbocycles. The van der Waals surface area contributed by atoms with Crippen LogP contribution in [0.1, 0.15) is 6.42 Å². The maximum absolute atomic E-state index is 4.44. The summed E-state index contributed by atoms with van der Waals surface area (Å²) in [5.41, 5.74) is 10.3. The van der Waals surface area contributed by atoms with Gasteiger partial charge in [0.2, 0.25) is 0 Å². The SMILES string of the molecule is C1=CCC(C2=CC(=C3C=NN=C3)NN2)=NC1. The number of nitrogens with zero attached hydrogens (tertiary/aromatic N) is 3. The second kappa shape index (κ2) is 3.77. The van der Waals surface area contributed by atoms with Crippen LogP contribution in [0.15, 0.2) is 50.4 Å². The molecule has 0 spiro atoms. The van der Waals surface area contributed by atoms with Gasteiger partial charge in [-0.25, -0.2) is 0 Å². The molecule has 0 aromatic heterocycles. The molecule has 3 aliphatic heterocycles. The van der Waals surface area contributed by atoms with Crippen molar-refractivity contribution in [2.24, 2.45) is 15.2 Å². The average molecular weight is 213 g/mol. The predicted molar refractivity (Wildman–Crippen MR) is 64.4 cm³/mol. The number of aliphatic imine (C=N–C) groups is 1. The summed E-state index contributed by atoms with van der Waals surface area (Å²) in [6.07, 6.45) is 10.6. The fourth-order valence-corrected chi connectivity index (χ4v) is 1.72. The van der Waals surface area contributed by atoms with Crippen molar-refractivity contribution >= 4 is 18.1 Å². The molecule has 2 N–H and O–H groups in total. The standard InChI is InChI=1S/C11H11N5/c1-2-4-12-9(3-1)11-5-10(15-16-11)8-6-13-14-7-8/h1-2,5-7,15-16H,3-4H2. The molecular weight excluding hydrogens is 202 g/mol. The fraction of sp³-hybridized carbons (Fsp3) is 0.182. The van der Waals surface area contributed by atoms with Gasteiger partial charge in [0, 0.05) is 12.0 Å². The number of hydrogen-bond acceptors (Lipinski definition) is 5. The predicted octanol–water partition coefficient (Wildman–Crippen LogP) is 0.703. The van der Waals surface area contributed by atoms with E-state index in [9.17, 15) is 0 Å². The first-order chi connectivity index (χ1) is 7.93. The van der Waals surface area contributed by atoms with E-state index < -0.39 is 0 Å². The third kappa shape index (κ3) is 1.56. The molecule has 3 heterocycles. The van der Waals surface area contributed by atoms with E-state index in [-0.39, 0.29) is 0 Å². The molecule has 0 saturated carbocycles. The first-order valence-electron chi connectivity index (χ1n) is 5.16. The molecule has 0 bridgehead atoms. The molecule has 0 fully saturated rings. The third-order valence-corrected chi connectivity index (χ3v) is 2.57. The van der Waals surface area contributed by atoms with Crippen molar-refractivity contribution in [2.45, 2.75) is 6.42 Å². The molecule has 0 unspecified atom stereocenters. The van der Waals surface area contributed by atoms with Crippen LogP contribution in [0.3, 0.4) is 0 Å². The van der Waals surface area contributed by atoms with Crippen molar-refractivity contribution in [1.29, 1.82) is 0 Å². The zero-order valence-corrected chi connectivity index (χ0v) is 8.64. The Balaban J connectivity index is 1.87. The molecule has 5 heteroatoms. The number of rotatable bonds is 1. The number of dihydropyridines is 1. The lowest BCUT2D eigenvalue weighted by Crippen LogP contribution is -2.27. The summed E-state index contributed by atoms with van der Waals surface area (Å²) in [6.45, 7) is 0.767. The van der Waals surface area contributed by atoms with Gasteiger partial charge >= 0.3 is 0 Å². The lowest BCUT2D eigenvalue weighted by atomic mass is 10.1. The van der Waals surface area contributed by atoms with Crippen LogP contribution in [0, 0.1) is 0 Å². The Morgan fingerprint density at radius 3 is 2.69 bits per heavy atom. The van der Waals surface area contributed by atoms with Crippen molar-refractivity contribution < 1.29 is 0 Å². The highest BCUT2D eigenvalue weighted by Gasteiger charge is 2.16. The van der Waals surface area contributed by atoms with E-state index in [2.05, 4.69) is 38.2 Å². The van der Waals surface area contributed by atoms with Crippen LogP contribution >= 0.6 is 0 Å². The van der Waals surface area contributed by atoms with Gasteiger partial charge < -0.3 is 5.43 Å². The summed E-state index contributed by atoms with van der Waals surface area (Å²) in [6, 6.07) is 0. The Morgan fingerprint density at radius 2 is 1.94 bits per heavy atom. The number of hydrogen-bond donors (Lipinski definition) is 2. The molecule has 0 atom stereocenters. The van der Waals surface area contributed by atoms with Gasteiger partial charge in [-0.05, 0) is 6.08 Å². The monoisotopic (exact) mass is 213 g/mol. The lowest BCUT2D eigenvalue weighted by Gasteiger charge is -2.08. The summed E-state index contributed by atoms with van der Waals surface area (Å²) in [7, 11) is 0.